The number of aromatic nitrogens is 1. The highest BCUT2D eigenvalue weighted by molar-refractivity contribution is 7.92. The van der Waals surface area contributed by atoms with Crippen LogP contribution in [0.3, 0.4) is 0 Å². The van der Waals surface area contributed by atoms with Gasteiger partial charge >= 0.3 is 12.3 Å². The third-order valence-corrected chi connectivity index (χ3v) is 7.98. The van der Waals surface area contributed by atoms with Crippen molar-refractivity contribution in [3.8, 4) is 17.2 Å². The zero-order valence-electron chi connectivity index (χ0n) is 27.5. The standard InChI is InChI=1S/C33H39F3N4O7S/c1-20-7-8-22(30(41)38-26-17-23(33(34,35)36)18-27(29(26)45-5)39-48(6,43)44)16-28(20)46-25-9-12-37-24(19-25)15-21-10-13-40(14-11-21)31(42)47-32(2,3)4/h7-9,12,16-19,21,39H,10-11,13-15H2,1-6H3,(H,38,41). The second kappa shape index (κ2) is 14.3. The molecule has 1 saturated heterocycles. The number of rotatable bonds is 9. The number of pyridine rings is 1. The zero-order chi connectivity index (χ0) is 35.4. The maximum Gasteiger partial charge on any atom is 0.416 e. The van der Waals surface area contributed by atoms with Gasteiger partial charge in [0.1, 0.15) is 17.1 Å². The molecule has 2 heterocycles. The van der Waals surface area contributed by atoms with Crippen molar-refractivity contribution < 1.29 is 45.4 Å². The molecule has 2 aromatic carbocycles. The molecule has 15 heteroatoms. The summed E-state index contributed by atoms with van der Waals surface area (Å²) in [7, 11) is -2.84. The molecule has 2 N–H and O–H groups in total. The number of alkyl halides is 3. The van der Waals surface area contributed by atoms with E-state index in [1.165, 1.54) is 12.1 Å². The number of methoxy groups -OCH3 is 1. The largest absolute Gasteiger partial charge is 0.492 e. The molecule has 2 amide bonds. The summed E-state index contributed by atoms with van der Waals surface area (Å²) in [6.07, 6.45) is -0.490. The van der Waals surface area contributed by atoms with Crippen LogP contribution in [0, 0.1) is 12.8 Å². The van der Waals surface area contributed by atoms with Gasteiger partial charge < -0.3 is 24.4 Å². The number of hydrogen-bond acceptors (Lipinski definition) is 8. The number of anilines is 2. The molecule has 0 spiro atoms. The molecule has 3 aromatic rings. The number of piperidine rings is 1. The third kappa shape index (κ3) is 9.99. The Morgan fingerprint density at radius 3 is 2.29 bits per heavy atom. The maximum atomic E-state index is 13.7. The van der Waals surface area contributed by atoms with Gasteiger partial charge in [-0.05, 0) is 88.8 Å². The molecular weight excluding hydrogens is 653 g/mol. The Balaban J connectivity index is 1.48. The highest BCUT2D eigenvalue weighted by Crippen LogP contribution is 2.41. The second-order valence-electron chi connectivity index (χ2n) is 12.6. The lowest BCUT2D eigenvalue weighted by Gasteiger charge is -2.33. The Morgan fingerprint density at radius 2 is 1.69 bits per heavy atom. The van der Waals surface area contributed by atoms with E-state index in [4.69, 9.17) is 14.2 Å². The van der Waals surface area contributed by atoms with Gasteiger partial charge in [-0.2, -0.15) is 13.2 Å². The van der Waals surface area contributed by atoms with E-state index in [0.717, 1.165) is 31.9 Å². The molecule has 1 aliphatic rings. The van der Waals surface area contributed by atoms with Crippen LogP contribution in [0.4, 0.5) is 29.3 Å². The minimum Gasteiger partial charge on any atom is -0.492 e. The van der Waals surface area contributed by atoms with E-state index >= 15 is 0 Å². The Hall–Kier alpha value is -4.53. The number of likely N-dealkylation sites (tertiary alicyclic amines) is 1. The summed E-state index contributed by atoms with van der Waals surface area (Å²) in [4.78, 5) is 31.9. The van der Waals surface area contributed by atoms with Gasteiger partial charge in [-0.15, -0.1) is 0 Å². The van der Waals surface area contributed by atoms with Gasteiger partial charge in [-0.25, -0.2) is 13.2 Å². The molecule has 0 radical (unpaired) electrons. The molecule has 11 nitrogen and oxygen atoms in total. The van der Waals surface area contributed by atoms with Gasteiger partial charge in [0, 0.05) is 36.6 Å². The van der Waals surface area contributed by atoms with Crippen molar-refractivity contribution in [1.82, 2.24) is 9.88 Å². The highest BCUT2D eigenvalue weighted by Gasteiger charge is 2.33. The Morgan fingerprint density at radius 1 is 1.02 bits per heavy atom. The van der Waals surface area contributed by atoms with Crippen molar-refractivity contribution in [2.24, 2.45) is 5.92 Å². The highest BCUT2D eigenvalue weighted by atomic mass is 32.2. The van der Waals surface area contributed by atoms with Gasteiger partial charge in [-0.3, -0.25) is 14.5 Å². The van der Waals surface area contributed by atoms with Gasteiger partial charge in [0.25, 0.3) is 5.91 Å². The fourth-order valence-electron chi connectivity index (χ4n) is 5.13. The summed E-state index contributed by atoms with van der Waals surface area (Å²) in [6, 6.07) is 9.28. The quantitative estimate of drug-likeness (QED) is 0.244. The molecule has 1 fully saturated rings. The van der Waals surface area contributed by atoms with Crippen LogP contribution in [-0.2, 0) is 27.4 Å². The van der Waals surface area contributed by atoms with Crippen LogP contribution in [0.15, 0.2) is 48.7 Å². The topological polar surface area (TPSA) is 136 Å². The van der Waals surface area contributed by atoms with Crippen molar-refractivity contribution >= 4 is 33.4 Å². The number of nitrogens with one attached hydrogen (secondary N) is 2. The lowest BCUT2D eigenvalue weighted by atomic mass is 9.92. The van der Waals surface area contributed by atoms with E-state index < -0.39 is 39.0 Å². The van der Waals surface area contributed by atoms with Gasteiger partial charge in [-0.1, -0.05) is 6.07 Å². The van der Waals surface area contributed by atoms with E-state index in [-0.39, 0.29) is 23.1 Å². The van der Waals surface area contributed by atoms with Crippen LogP contribution in [0.2, 0.25) is 0 Å². The van der Waals surface area contributed by atoms with Gasteiger partial charge in [0.05, 0.1) is 30.3 Å². The number of aryl methyl sites for hydroxylation is 1. The van der Waals surface area contributed by atoms with E-state index in [2.05, 4.69) is 10.3 Å². The average molecular weight is 693 g/mol. The van der Waals surface area contributed by atoms with Crippen LogP contribution in [0.25, 0.3) is 0 Å². The number of nitrogens with zero attached hydrogens (tertiary/aromatic N) is 2. The van der Waals surface area contributed by atoms with E-state index in [1.54, 1.807) is 36.2 Å². The summed E-state index contributed by atoms with van der Waals surface area (Å²) in [5, 5.41) is 2.41. The van der Waals surface area contributed by atoms with Crippen molar-refractivity contribution in [3.63, 3.8) is 0 Å². The first-order valence-electron chi connectivity index (χ1n) is 15.1. The zero-order valence-corrected chi connectivity index (χ0v) is 28.3. The predicted octanol–water partition coefficient (Wildman–Crippen LogP) is 7.02. The SMILES string of the molecule is COc1c(NC(=O)c2ccc(C)c(Oc3ccnc(CC4CCN(C(=O)OC(C)(C)C)CC4)c3)c2)cc(C(F)(F)F)cc1NS(C)(=O)=O. The molecule has 260 valence electrons. The first kappa shape index (κ1) is 36.3. The van der Waals surface area contributed by atoms with Gasteiger partial charge in [0.15, 0.2) is 5.75 Å². The summed E-state index contributed by atoms with van der Waals surface area (Å²) in [5.41, 5.74) is -1.07. The number of halogens is 3. The third-order valence-electron chi connectivity index (χ3n) is 7.39. The van der Waals surface area contributed by atoms with E-state index in [1.807, 2.05) is 25.5 Å². The van der Waals surface area contributed by atoms with Gasteiger partial charge in [0.2, 0.25) is 10.0 Å². The van der Waals surface area contributed by atoms with Crippen LogP contribution < -0.4 is 19.5 Å². The molecule has 0 atom stereocenters. The molecule has 0 bridgehead atoms. The lowest BCUT2D eigenvalue weighted by Crippen LogP contribution is -2.42. The fraction of sp³-hybridized carbons (Fsp3) is 0.424. The van der Waals surface area contributed by atoms with Crippen LogP contribution >= 0.6 is 0 Å². The molecule has 1 aromatic heterocycles. The number of carbonyl (C=O) groups is 2. The van der Waals surface area contributed by atoms with Crippen LogP contribution in [0.5, 0.6) is 17.2 Å². The predicted molar refractivity (Wildman–Crippen MR) is 174 cm³/mol. The first-order valence-corrected chi connectivity index (χ1v) is 17.0. The second-order valence-corrected chi connectivity index (χ2v) is 14.4. The summed E-state index contributed by atoms with van der Waals surface area (Å²) in [6.45, 7) is 8.46. The number of hydrogen-bond donors (Lipinski definition) is 2. The minimum absolute atomic E-state index is 0.0683. The first-order chi connectivity index (χ1) is 22.3. The average Bonchev–Trinajstić information content (AvgIpc) is 2.96. The number of sulfonamides is 1. The molecule has 48 heavy (non-hydrogen) atoms. The van der Waals surface area contributed by atoms with Crippen molar-refractivity contribution in [2.45, 2.75) is 58.7 Å². The van der Waals surface area contributed by atoms with E-state index in [9.17, 15) is 31.2 Å². The Bertz CT molecular complexity index is 1770. The Kier molecular flexibility index (Phi) is 10.8. The van der Waals surface area contributed by atoms with Crippen LogP contribution in [0.1, 0.15) is 60.8 Å². The van der Waals surface area contributed by atoms with Crippen molar-refractivity contribution in [2.75, 3.05) is 36.5 Å². The normalized spacial score (nSPS) is 14.3. The molecule has 0 aliphatic carbocycles. The maximum absolute atomic E-state index is 13.7. The smallest absolute Gasteiger partial charge is 0.416 e. The lowest BCUT2D eigenvalue weighted by molar-refractivity contribution is -0.137. The number of ether oxygens (including phenoxy) is 3. The summed E-state index contributed by atoms with van der Waals surface area (Å²) >= 11 is 0. The molecule has 0 unspecified atom stereocenters. The van der Waals surface area contributed by atoms with Crippen molar-refractivity contribution in [1.29, 1.82) is 0 Å². The molecule has 4 rings (SSSR count). The summed E-state index contributed by atoms with van der Waals surface area (Å²) in [5.74, 6) is 0.0334. The summed E-state index contributed by atoms with van der Waals surface area (Å²) < 4.78 is 83.4. The number of carbonyl (C=O) groups excluding carboxylic acids is 2. The van der Waals surface area contributed by atoms with Crippen molar-refractivity contribution in [3.05, 3.63) is 71.0 Å². The monoisotopic (exact) mass is 692 g/mol. The fourth-order valence-corrected chi connectivity index (χ4v) is 5.68. The van der Waals surface area contributed by atoms with E-state index in [0.29, 0.717) is 54.6 Å². The molecular formula is C33H39F3N4O7S. The number of benzene rings is 2. The minimum atomic E-state index is -4.84. The molecule has 0 saturated carbocycles. The van der Waals surface area contributed by atoms with Crippen LogP contribution in [-0.4, -0.2) is 62.4 Å². The Labute approximate surface area is 277 Å². The number of amides is 2. The molecule has 1 aliphatic heterocycles.